The van der Waals surface area contributed by atoms with Crippen molar-refractivity contribution in [2.45, 2.75) is 220 Å². The van der Waals surface area contributed by atoms with E-state index < -0.39 is 6.10 Å². The summed E-state index contributed by atoms with van der Waals surface area (Å²) in [7, 11) is 0. The number of hydroxylamine groups is 2. The first-order chi connectivity index (χ1) is 22.5. The van der Waals surface area contributed by atoms with E-state index in [1.54, 1.807) is 5.06 Å². The lowest BCUT2D eigenvalue weighted by Crippen LogP contribution is -2.36. The highest BCUT2D eigenvalue weighted by Gasteiger charge is 2.21. The van der Waals surface area contributed by atoms with Gasteiger partial charge in [0.2, 0.25) is 0 Å². The van der Waals surface area contributed by atoms with Crippen LogP contribution in [-0.2, 0) is 19.2 Å². The van der Waals surface area contributed by atoms with Gasteiger partial charge in [-0.15, -0.1) is 5.06 Å². The van der Waals surface area contributed by atoms with Crippen molar-refractivity contribution in [1.29, 1.82) is 0 Å². The van der Waals surface area contributed by atoms with Crippen LogP contribution in [0.2, 0.25) is 0 Å². The average molecular weight is 654 g/mol. The van der Waals surface area contributed by atoms with Crippen molar-refractivity contribution in [3.8, 4) is 0 Å². The van der Waals surface area contributed by atoms with Crippen LogP contribution in [0.4, 0.5) is 0 Å². The number of nitrogens with zero attached hydrogens (tertiary/aromatic N) is 1. The van der Waals surface area contributed by atoms with E-state index in [-0.39, 0.29) is 11.9 Å². The van der Waals surface area contributed by atoms with Crippen LogP contribution in [0.3, 0.4) is 0 Å². The number of rotatable bonds is 36. The molecule has 0 heterocycles. The molecule has 1 unspecified atom stereocenters. The third-order valence-electron chi connectivity index (χ3n) is 9.22. The number of esters is 1. The summed E-state index contributed by atoms with van der Waals surface area (Å²) < 4.78 is 5.47. The lowest BCUT2D eigenvalue weighted by atomic mass is 9.89. The molecular weight excluding hydrogens is 574 g/mol. The Bertz CT molecular complexity index is 642. The van der Waals surface area contributed by atoms with Crippen molar-refractivity contribution in [1.82, 2.24) is 5.06 Å². The number of ether oxygens (including phenoxy) is 1. The van der Waals surface area contributed by atoms with Crippen LogP contribution < -0.4 is 0 Å². The van der Waals surface area contributed by atoms with Gasteiger partial charge in [0.25, 0.3) is 0 Å². The molecule has 0 rings (SSSR count). The summed E-state index contributed by atoms with van der Waals surface area (Å²) in [5.74, 6) is 0.0741. The predicted octanol–water partition coefficient (Wildman–Crippen LogP) is 11.7. The Morgan fingerprint density at radius 3 is 1.50 bits per heavy atom. The molecule has 274 valence electrons. The summed E-state index contributed by atoms with van der Waals surface area (Å²) in [6.45, 7) is 10.1. The molecule has 0 bridgehead atoms. The first kappa shape index (κ1) is 44.9. The van der Waals surface area contributed by atoms with E-state index in [4.69, 9.17) is 9.57 Å². The van der Waals surface area contributed by atoms with Crippen LogP contribution in [0.25, 0.3) is 0 Å². The first-order valence-corrected chi connectivity index (χ1v) is 20.3. The largest absolute Gasteiger partial charge is 0.466 e. The topological polar surface area (TPSA) is 76.1 Å². The van der Waals surface area contributed by atoms with E-state index >= 15 is 0 Å². The number of carbonyl (C=O) groups is 2. The molecule has 0 radical (unpaired) electrons. The van der Waals surface area contributed by atoms with Gasteiger partial charge in [-0.1, -0.05) is 175 Å². The van der Waals surface area contributed by atoms with Crippen molar-refractivity contribution in [2.24, 2.45) is 5.92 Å². The summed E-state index contributed by atoms with van der Waals surface area (Å²) in [4.78, 5) is 30.7. The quantitative estimate of drug-likeness (QED) is 0.0412. The Morgan fingerprint density at radius 2 is 0.978 bits per heavy atom. The highest BCUT2D eigenvalue weighted by Crippen LogP contribution is 2.24. The average Bonchev–Trinajstić information content (AvgIpc) is 3.03. The number of carbonyl (C=O) groups excluding carboxylic acids is 2. The van der Waals surface area contributed by atoms with Gasteiger partial charge in [0.05, 0.1) is 19.3 Å². The maximum absolute atomic E-state index is 12.6. The van der Waals surface area contributed by atoms with Crippen molar-refractivity contribution < 1.29 is 24.3 Å². The molecule has 0 fully saturated rings. The summed E-state index contributed by atoms with van der Waals surface area (Å²) in [5.41, 5.74) is 0. The number of hydrogen-bond acceptors (Lipinski definition) is 6. The van der Waals surface area contributed by atoms with Crippen LogP contribution in [-0.4, -0.2) is 47.9 Å². The fourth-order valence-corrected chi connectivity index (χ4v) is 6.28. The molecule has 0 aliphatic rings. The standard InChI is InChI=1S/C40H79NO5/c1-5-9-13-16-19-20-23-27-34-45-39(43)32-28-33-41(46-40(44)31-24-12-8-4)36-38(42)35-37(29-25-21-17-14-10-6-2)30-26-22-18-15-11-7-3/h37-38,42H,5-36H2,1-4H3. The maximum atomic E-state index is 12.6. The molecular formula is C40H79NO5. The zero-order valence-electron chi connectivity index (χ0n) is 31.3. The van der Waals surface area contributed by atoms with Crippen LogP contribution in [0, 0.1) is 5.92 Å². The third kappa shape index (κ3) is 31.5. The molecule has 0 saturated carbocycles. The molecule has 46 heavy (non-hydrogen) atoms. The summed E-state index contributed by atoms with van der Waals surface area (Å²) >= 11 is 0. The second kappa shape index (κ2) is 35.2. The Balaban J connectivity index is 4.77. The van der Waals surface area contributed by atoms with Crippen LogP contribution >= 0.6 is 0 Å². The minimum Gasteiger partial charge on any atom is -0.466 e. The fourth-order valence-electron chi connectivity index (χ4n) is 6.28. The van der Waals surface area contributed by atoms with Gasteiger partial charge in [0.15, 0.2) is 0 Å². The molecule has 0 aromatic heterocycles. The van der Waals surface area contributed by atoms with E-state index in [0.29, 0.717) is 44.9 Å². The molecule has 1 atom stereocenters. The number of aliphatic hydroxyl groups is 1. The number of hydrogen-bond donors (Lipinski definition) is 1. The lowest BCUT2D eigenvalue weighted by molar-refractivity contribution is -0.197. The van der Waals surface area contributed by atoms with E-state index in [0.717, 1.165) is 38.5 Å². The van der Waals surface area contributed by atoms with Gasteiger partial charge in [-0.05, 0) is 31.6 Å². The first-order valence-electron chi connectivity index (χ1n) is 20.3. The summed E-state index contributed by atoms with van der Waals surface area (Å²) in [6.07, 6.45) is 31.8. The summed E-state index contributed by atoms with van der Waals surface area (Å²) in [5, 5.41) is 12.8. The molecule has 0 aliphatic heterocycles. The smallest absolute Gasteiger partial charge is 0.325 e. The van der Waals surface area contributed by atoms with E-state index in [1.165, 1.54) is 128 Å². The molecule has 0 aromatic carbocycles. The minimum atomic E-state index is -0.553. The molecule has 0 aromatic rings. The second-order valence-corrected chi connectivity index (χ2v) is 14.0. The zero-order valence-corrected chi connectivity index (χ0v) is 31.3. The molecule has 0 spiro atoms. The highest BCUT2D eigenvalue weighted by atomic mass is 16.7. The van der Waals surface area contributed by atoms with Gasteiger partial charge in [-0.25, -0.2) is 0 Å². The fraction of sp³-hybridized carbons (Fsp3) is 0.950. The SMILES string of the molecule is CCCCCCCCCCOC(=O)CCCN(CC(O)CC(CCCCCCCC)CCCCCCCC)OC(=O)CCCCC. The van der Waals surface area contributed by atoms with Crippen molar-refractivity contribution in [2.75, 3.05) is 19.7 Å². The van der Waals surface area contributed by atoms with Gasteiger partial charge in [-0.3, -0.25) is 9.59 Å². The van der Waals surface area contributed by atoms with E-state index in [1.807, 2.05) is 0 Å². The van der Waals surface area contributed by atoms with Crippen LogP contribution in [0.1, 0.15) is 214 Å². The Morgan fingerprint density at radius 1 is 0.543 bits per heavy atom. The monoisotopic (exact) mass is 654 g/mol. The molecule has 6 nitrogen and oxygen atoms in total. The van der Waals surface area contributed by atoms with Gasteiger partial charge in [0, 0.05) is 19.4 Å². The van der Waals surface area contributed by atoms with Crippen LogP contribution in [0.5, 0.6) is 0 Å². The molecule has 0 amide bonds. The maximum Gasteiger partial charge on any atom is 0.325 e. The van der Waals surface area contributed by atoms with Gasteiger partial charge in [-0.2, -0.15) is 0 Å². The molecule has 0 aliphatic carbocycles. The molecule has 0 saturated heterocycles. The molecule has 6 heteroatoms. The highest BCUT2D eigenvalue weighted by molar-refractivity contribution is 5.69. The Kier molecular flexibility index (Phi) is 34.3. The normalized spacial score (nSPS) is 12.2. The predicted molar refractivity (Wildman–Crippen MR) is 195 cm³/mol. The minimum absolute atomic E-state index is 0.185. The zero-order chi connectivity index (χ0) is 33.9. The van der Waals surface area contributed by atoms with Gasteiger partial charge in [0.1, 0.15) is 0 Å². The number of unbranched alkanes of at least 4 members (excludes halogenated alkanes) is 19. The molecule has 1 N–H and O–H groups in total. The van der Waals surface area contributed by atoms with Crippen molar-refractivity contribution >= 4 is 11.9 Å². The van der Waals surface area contributed by atoms with Crippen molar-refractivity contribution in [3.05, 3.63) is 0 Å². The third-order valence-corrected chi connectivity index (χ3v) is 9.22. The summed E-state index contributed by atoms with van der Waals surface area (Å²) in [6, 6.07) is 0. The van der Waals surface area contributed by atoms with E-state index in [2.05, 4.69) is 27.7 Å². The second-order valence-electron chi connectivity index (χ2n) is 14.0. The van der Waals surface area contributed by atoms with Gasteiger partial charge >= 0.3 is 11.9 Å². The lowest BCUT2D eigenvalue weighted by Gasteiger charge is -2.26. The van der Waals surface area contributed by atoms with Gasteiger partial charge < -0.3 is 14.7 Å². The Labute approximate surface area is 286 Å². The van der Waals surface area contributed by atoms with Crippen LogP contribution in [0.15, 0.2) is 0 Å². The Hall–Kier alpha value is -1.14. The van der Waals surface area contributed by atoms with E-state index in [9.17, 15) is 14.7 Å². The number of aliphatic hydroxyl groups excluding tert-OH is 1. The van der Waals surface area contributed by atoms with Crippen molar-refractivity contribution in [3.63, 3.8) is 0 Å².